The van der Waals surface area contributed by atoms with Gasteiger partial charge in [0.1, 0.15) is 30.6 Å². The van der Waals surface area contributed by atoms with E-state index < -0.39 is 21.7 Å². The lowest BCUT2D eigenvalue weighted by Crippen LogP contribution is -2.55. The molecule has 11 nitrogen and oxygen atoms in total. The quantitative estimate of drug-likeness (QED) is 0.0445. The molecule has 5 heterocycles. The minimum atomic E-state index is -1.35. The number of hydrogen-bond acceptors (Lipinski definition) is 9. The second-order valence-electron chi connectivity index (χ2n) is 19.7. The fourth-order valence-electron chi connectivity index (χ4n) is 8.12. The molecule has 2 fully saturated rings. The maximum Gasteiger partial charge on any atom is 0.410 e. The Morgan fingerprint density at radius 1 is 0.881 bits per heavy atom. The summed E-state index contributed by atoms with van der Waals surface area (Å²) in [7, 11) is -2.70. The van der Waals surface area contributed by atoms with E-state index in [1.54, 1.807) is 0 Å². The first-order valence-corrected chi connectivity index (χ1v) is 29.0. The summed E-state index contributed by atoms with van der Waals surface area (Å²) in [5, 5.41) is 5.07. The average Bonchev–Trinajstić information content (AvgIpc) is 3.59. The highest BCUT2D eigenvalue weighted by Gasteiger charge is 2.45. The molecule has 2 saturated heterocycles. The van der Waals surface area contributed by atoms with Crippen LogP contribution in [0.15, 0.2) is 61.4 Å². The van der Waals surface area contributed by atoms with Crippen molar-refractivity contribution in [3.63, 3.8) is 0 Å². The van der Waals surface area contributed by atoms with Gasteiger partial charge in [0, 0.05) is 70.3 Å². The first-order chi connectivity index (χ1) is 27.9. The SMILES string of the molecule is C=C(OCC)c1c(C2CC3CCCC(C2)N3C(=O)OC(C)(C)C)nc2c(-c3ccc(-c4ccccc4)nc3)cnn2c1N(COCC[Si](C)(C)C)COCC[Si](C)(C)C. The Labute approximate surface area is 354 Å². The number of piperidine rings is 2. The van der Waals surface area contributed by atoms with Crippen LogP contribution < -0.4 is 4.90 Å². The predicted molar refractivity (Wildman–Crippen MR) is 244 cm³/mol. The van der Waals surface area contributed by atoms with Crippen molar-refractivity contribution in [2.45, 2.75) is 135 Å². The van der Waals surface area contributed by atoms with Crippen LogP contribution in [0.25, 0.3) is 33.8 Å². The number of amides is 1. The predicted octanol–water partition coefficient (Wildman–Crippen LogP) is 10.9. The zero-order valence-electron chi connectivity index (χ0n) is 37.3. The fourth-order valence-corrected chi connectivity index (χ4v) is 9.63. The van der Waals surface area contributed by atoms with Crippen LogP contribution in [0.2, 0.25) is 51.4 Å². The van der Waals surface area contributed by atoms with Gasteiger partial charge in [-0.15, -0.1) is 0 Å². The smallest absolute Gasteiger partial charge is 0.410 e. The van der Waals surface area contributed by atoms with Gasteiger partial charge in [0.2, 0.25) is 0 Å². The fraction of sp³-hybridized carbons (Fsp3) is 0.565. The van der Waals surface area contributed by atoms with Crippen molar-refractivity contribution in [1.29, 1.82) is 0 Å². The third kappa shape index (κ3) is 11.4. The van der Waals surface area contributed by atoms with E-state index >= 15 is 0 Å². The summed E-state index contributed by atoms with van der Waals surface area (Å²) in [6.45, 7) is 28.9. The zero-order chi connectivity index (χ0) is 42.5. The number of ether oxygens (including phenoxy) is 4. The van der Waals surface area contributed by atoms with E-state index in [0.717, 1.165) is 83.7 Å². The normalized spacial score (nSPS) is 18.5. The van der Waals surface area contributed by atoms with Gasteiger partial charge >= 0.3 is 6.09 Å². The molecule has 1 aromatic carbocycles. The minimum Gasteiger partial charge on any atom is -0.494 e. The van der Waals surface area contributed by atoms with Crippen LogP contribution in [0.4, 0.5) is 10.6 Å². The summed E-state index contributed by atoms with van der Waals surface area (Å²) in [4.78, 5) is 28.3. The van der Waals surface area contributed by atoms with Crippen molar-refractivity contribution in [2.75, 3.05) is 38.2 Å². The summed E-state index contributed by atoms with van der Waals surface area (Å²) in [5.74, 6) is 1.33. The Balaban J connectivity index is 1.50. The monoisotopic (exact) mass is 840 g/mol. The Morgan fingerprint density at radius 3 is 2.05 bits per heavy atom. The van der Waals surface area contributed by atoms with Gasteiger partial charge in [0.25, 0.3) is 0 Å². The molecule has 3 aromatic heterocycles. The third-order valence-electron chi connectivity index (χ3n) is 11.1. The molecule has 13 heteroatoms. The van der Waals surface area contributed by atoms with Gasteiger partial charge < -0.3 is 28.7 Å². The maximum atomic E-state index is 13.7. The Morgan fingerprint density at radius 2 is 1.51 bits per heavy atom. The molecule has 0 aliphatic carbocycles. The van der Waals surface area contributed by atoms with Crippen LogP contribution in [0.1, 0.15) is 77.0 Å². The number of aromatic nitrogens is 4. The second-order valence-corrected chi connectivity index (χ2v) is 30.9. The van der Waals surface area contributed by atoms with Gasteiger partial charge in [-0.2, -0.15) is 9.61 Å². The lowest BCUT2D eigenvalue weighted by Gasteiger charge is -2.48. The molecule has 2 bridgehead atoms. The van der Waals surface area contributed by atoms with E-state index in [9.17, 15) is 4.79 Å². The van der Waals surface area contributed by atoms with Crippen LogP contribution in [-0.2, 0) is 18.9 Å². The highest BCUT2D eigenvalue weighted by molar-refractivity contribution is 6.76. The number of pyridine rings is 1. The molecular formula is C46H68N6O5Si2. The Bertz CT molecular complexity index is 2000. The van der Waals surface area contributed by atoms with Crippen LogP contribution in [0.3, 0.4) is 0 Å². The summed E-state index contributed by atoms with van der Waals surface area (Å²) in [6, 6.07) is 16.5. The Hall–Kier alpha value is -4.05. The number of nitrogens with zero attached hydrogens (tertiary/aromatic N) is 6. The van der Waals surface area contributed by atoms with Gasteiger partial charge in [-0.3, -0.25) is 4.98 Å². The molecule has 0 N–H and O–H groups in total. The van der Waals surface area contributed by atoms with Crippen molar-refractivity contribution in [1.82, 2.24) is 24.5 Å². The van der Waals surface area contributed by atoms with Crippen molar-refractivity contribution in [3.8, 4) is 22.4 Å². The molecule has 0 radical (unpaired) electrons. The van der Waals surface area contributed by atoms with Crippen LogP contribution >= 0.6 is 0 Å². The van der Waals surface area contributed by atoms with E-state index in [2.05, 4.69) is 75.0 Å². The summed E-state index contributed by atoms with van der Waals surface area (Å²) in [6.07, 6.45) is 7.99. The molecule has 6 rings (SSSR count). The average molecular weight is 841 g/mol. The van der Waals surface area contributed by atoms with Gasteiger partial charge in [0.05, 0.1) is 29.8 Å². The number of rotatable bonds is 17. The number of fused-ring (bicyclic) bond motifs is 3. The first kappa shape index (κ1) is 44.5. The molecular weight excluding hydrogens is 773 g/mol. The van der Waals surface area contributed by atoms with Crippen molar-refractivity contribution in [3.05, 3.63) is 72.7 Å². The molecule has 59 heavy (non-hydrogen) atoms. The van der Waals surface area contributed by atoms with E-state index in [0.29, 0.717) is 44.7 Å². The topological polar surface area (TPSA) is 104 Å². The molecule has 1 amide bonds. The van der Waals surface area contributed by atoms with E-state index in [-0.39, 0.29) is 24.1 Å². The molecule has 2 aliphatic heterocycles. The maximum absolute atomic E-state index is 13.7. The highest BCUT2D eigenvalue weighted by atomic mass is 28.3. The summed E-state index contributed by atoms with van der Waals surface area (Å²) >= 11 is 0. The second kappa shape index (κ2) is 18.7. The number of carbonyl (C=O) groups is 1. The molecule has 4 aromatic rings. The number of carbonyl (C=O) groups excluding carboxylic acids is 1. The minimum absolute atomic E-state index is 0.0174. The summed E-state index contributed by atoms with van der Waals surface area (Å²) < 4.78 is 27.3. The Kier molecular flexibility index (Phi) is 14.1. The van der Waals surface area contributed by atoms with Crippen molar-refractivity contribution < 1.29 is 23.7 Å². The molecule has 2 aliphatic rings. The third-order valence-corrected chi connectivity index (χ3v) is 14.6. The number of benzene rings is 1. The number of anilines is 1. The zero-order valence-corrected chi connectivity index (χ0v) is 39.3. The van der Waals surface area contributed by atoms with Crippen LogP contribution in [0.5, 0.6) is 0 Å². The molecule has 0 spiro atoms. The molecule has 0 saturated carbocycles. The van der Waals surface area contributed by atoms with Crippen LogP contribution in [-0.4, -0.2) is 97.7 Å². The standard InChI is InChI=1S/C46H68N6O5Si2/c1-12-56-33(2)41-42(36-27-37-19-16-20-38(28-36)51(37)45(53)57-46(3,4)5)49-43-39(35-21-22-40(47-29-35)34-17-14-13-15-18-34)30-48-52(43)44(41)50(31-54-23-25-58(6,7)8)32-55-24-26-59(9,10)11/h13-15,17-18,21-22,29-30,36-38H,2,12,16,19-20,23-28,31-32H2,1,3-11H3. The van der Waals surface area contributed by atoms with Crippen molar-refractivity contribution in [2.24, 2.45) is 0 Å². The van der Waals surface area contributed by atoms with E-state index in [4.69, 9.17) is 34.0 Å². The van der Waals surface area contributed by atoms with Crippen LogP contribution in [0, 0.1) is 0 Å². The van der Waals surface area contributed by atoms with Gasteiger partial charge in [-0.1, -0.05) is 82.3 Å². The van der Waals surface area contributed by atoms with Crippen molar-refractivity contribution >= 4 is 39.5 Å². The first-order valence-electron chi connectivity index (χ1n) is 21.6. The lowest BCUT2D eigenvalue weighted by molar-refractivity contribution is -0.0219. The van der Waals surface area contributed by atoms with Gasteiger partial charge in [-0.05, 0) is 78.0 Å². The van der Waals surface area contributed by atoms with E-state index in [1.165, 1.54) is 0 Å². The molecule has 2 atom stereocenters. The molecule has 320 valence electrons. The highest BCUT2D eigenvalue weighted by Crippen LogP contribution is 2.46. The molecule has 2 unspecified atom stereocenters. The largest absolute Gasteiger partial charge is 0.494 e. The summed E-state index contributed by atoms with van der Waals surface area (Å²) in [5.41, 5.74) is 5.60. The van der Waals surface area contributed by atoms with E-state index in [1.807, 2.05) is 67.7 Å². The lowest BCUT2D eigenvalue weighted by atomic mass is 9.76. The number of hydrogen-bond donors (Lipinski definition) is 0. The van der Waals surface area contributed by atoms with Gasteiger partial charge in [-0.25, -0.2) is 9.78 Å². The van der Waals surface area contributed by atoms with Gasteiger partial charge in [0.15, 0.2) is 5.65 Å².